The van der Waals surface area contributed by atoms with Crippen LogP contribution in [-0.4, -0.2) is 39.1 Å². The number of nitro groups is 1. The molecule has 8 heteroatoms. The lowest BCUT2D eigenvalue weighted by atomic mass is 10.1. The quantitative estimate of drug-likeness (QED) is 0.504. The van der Waals surface area contributed by atoms with Gasteiger partial charge in [0, 0.05) is 12.1 Å². The fourth-order valence-electron chi connectivity index (χ4n) is 2.38. The monoisotopic (exact) mass is 290 g/mol. The number of nitrogens with zero attached hydrogens (tertiary/aromatic N) is 2. The maximum atomic E-state index is 11.4. The molecule has 108 valence electrons. The Hall–Kier alpha value is -2.90. The third kappa shape index (κ3) is 2.10. The number of rotatable bonds is 3. The summed E-state index contributed by atoms with van der Waals surface area (Å²) in [6, 6.07) is 4.48. The number of hydrogen-bond acceptors (Lipinski definition) is 5. The number of nitro benzene ring substituents is 1. The molecule has 2 saturated heterocycles. The minimum Gasteiger partial charge on any atom is -0.479 e. The number of β-lactam (4-membered cyclic amide) rings is 1. The number of amides is 1. The van der Waals surface area contributed by atoms with Gasteiger partial charge in [0.1, 0.15) is 5.76 Å². The van der Waals surface area contributed by atoms with Crippen molar-refractivity contribution in [3.8, 4) is 0 Å². The lowest BCUT2D eigenvalue weighted by Crippen LogP contribution is -2.54. The van der Waals surface area contributed by atoms with Gasteiger partial charge in [-0.15, -0.1) is 0 Å². The first-order valence-corrected chi connectivity index (χ1v) is 6.14. The number of ether oxygens (including phenoxy) is 1. The highest BCUT2D eigenvalue weighted by atomic mass is 16.6. The third-order valence-electron chi connectivity index (χ3n) is 3.41. The first kappa shape index (κ1) is 13.1. The van der Waals surface area contributed by atoms with Crippen LogP contribution in [0.3, 0.4) is 0 Å². The van der Waals surface area contributed by atoms with Crippen LogP contribution in [0.4, 0.5) is 5.69 Å². The molecule has 2 aliphatic rings. The number of carbonyl (C=O) groups is 2. The van der Waals surface area contributed by atoms with E-state index in [2.05, 4.69) is 0 Å². The summed E-state index contributed by atoms with van der Waals surface area (Å²) in [5, 5.41) is 19.8. The van der Waals surface area contributed by atoms with E-state index in [4.69, 9.17) is 4.74 Å². The van der Waals surface area contributed by atoms with E-state index in [1.54, 1.807) is 0 Å². The number of hydrogen-bond donors (Lipinski definition) is 1. The first-order valence-electron chi connectivity index (χ1n) is 6.14. The van der Waals surface area contributed by atoms with Crippen LogP contribution in [0.25, 0.3) is 6.08 Å². The molecular weight excluding hydrogens is 280 g/mol. The third-order valence-corrected chi connectivity index (χ3v) is 3.41. The SMILES string of the molecule is O=C(O)C1/C(=C/c2ccc([N+](=O)[O-])cc2)OC2CC(=O)N21. The molecule has 0 saturated carbocycles. The summed E-state index contributed by atoms with van der Waals surface area (Å²) in [4.78, 5) is 33.9. The van der Waals surface area contributed by atoms with Crippen LogP contribution in [0.1, 0.15) is 12.0 Å². The standard InChI is InChI=1S/C13H10N2O6/c16-10-6-11-14(10)12(13(17)18)9(21-11)5-7-1-3-8(4-2-7)15(19)20/h1-5,11-12H,6H2,(H,17,18)/b9-5-. The van der Waals surface area contributed by atoms with Crippen molar-refractivity contribution in [1.82, 2.24) is 4.90 Å². The Labute approximate surface area is 118 Å². The number of benzene rings is 1. The summed E-state index contributed by atoms with van der Waals surface area (Å²) in [6.07, 6.45) is 1.12. The van der Waals surface area contributed by atoms with Crippen LogP contribution >= 0.6 is 0 Å². The second-order valence-corrected chi connectivity index (χ2v) is 4.71. The predicted molar refractivity (Wildman–Crippen MR) is 68.8 cm³/mol. The second-order valence-electron chi connectivity index (χ2n) is 4.71. The Morgan fingerprint density at radius 1 is 1.43 bits per heavy atom. The van der Waals surface area contributed by atoms with Gasteiger partial charge < -0.3 is 9.84 Å². The number of carboxylic acid groups (broad SMARTS) is 1. The highest BCUT2D eigenvalue weighted by Crippen LogP contribution is 2.37. The van der Waals surface area contributed by atoms with Crippen LogP contribution in [0.15, 0.2) is 30.0 Å². The van der Waals surface area contributed by atoms with Gasteiger partial charge in [-0.25, -0.2) is 4.79 Å². The highest BCUT2D eigenvalue weighted by molar-refractivity contribution is 5.92. The summed E-state index contributed by atoms with van der Waals surface area (Å²) in [6.45, 7) is 0. The summed E-state index contributed by atoms with van der Waals surface area (Å²) in [5.41, 5.74) is 0.509. The van der Waals surface area contributed by atoms with Crippen molar-refractivity contribution in [2.45, 2.75) is 18.7 Å². The van der Waals surface area contributed by atoms with E-state index in [0.717, 1.165) is 0 Å². The Balaban J connectivity index is 1.89. The lowest BCUT2D eigenvalue weighted by Gasteiger charge is -2.33. The fourth-order valence-corrected chi connectivity index (χ4v) is 2.38. The van der Waals surface area contributed by atoms with Crippen molar-refractivity contribution in [2.24, 2.45) is 0 Å². The Morgan fingerprint density at radius 3 is 2.62 bits per heavy atom. The van der Waals surface area contributed by atoms with E-state index >= 15 is 0 Å². The van der Waals surface area contributed by atoms with Gasteiger partial charge in [0.25, 0.3) is 5.69 Å². The normalized spacial score (nSPS) is 25.2. The van der Waals surface area contributed by atoms with Gasteiger partial charge in [-0.1, -0.05) is 0 Å². The zero-order chi connectivity index (χ0) is 15.1. The average molecular weight is 290 g/mol. The first-order chi connectivity index (χ1) is 9.97. The largest absolute Gasteiger partial charge is 0.479 e. The molecule has 21 heavy (non-hydrogen) atoms. The van der Waals surface area contributed by atoms with Gasteiger partial charge in [0.05, 0.1) is 11.3 Å². The van der Waals surface area contributed by atoms with E-state index in [1.165, 1.54) is 35.2 Å². The van der Waals surface area contributed by atoms with Crippen LogP contribution in [-0.2, 0) is 14.3 Å². The van der Waals surface area contributed by atoms with E-state index in [1.807, 2.05) is 0 Å². The Bertz CT molecular complexity index is 666. The van der Waals surface area contributed by atoms with Gasteiger partial charge in [0.2, 0.25) is 5.91 Å². The molecule has 8 nitrogen and oxygen atoms in total. The predicted octanol–water partition coefficient (Wildman–Crippen LogP) is 0.978. The topological polar surface area (TPSA) is 110 Å². The minimum absolute atomic E-state index is 0.0572. The van der Waals surface area contributed by atoms with Gasteiger partial charge in [0.15, 0.2) is 12.3 Å². The van der Waals surface area contributed by atoms with Crippen LogP contribution in [0.5, 0.6) is 0 Å². The smallest absolute Gasteiger partial charge is 0.334 e. The lowest BCUT2D eigenvalue weighted by molar-refractivity contribution is -0.384. The molecule has 3 rings (SSSR count). The van der Waals surface area contributed by atoms with Crippen molar-refractivity contribution in [1.29, 1.82) is 0 Å². The molecule has 2 fully saturated rings. The molecule has 0 radical (unpaired) electrons. The highest BCUT2D eigenvalue weighted by Gasteiger charge is 2.53. The molecule has 0 aliphatic carbocycles. The molecule has 1 amide bonds. The molecule has 2 atom stereocenters. The average Bonchev–Trinajstić information content (AvgIpc) is 2.72. The van der Waals surface area contributed by atoms with Crippen molar-refractivity contribution in [2.75, 3.05) is 0 Å². The number of non-ortho nitro benzene ring substituents is 1. The van der Waals surface area contributed by atoms with Crippen molar-refractivity contribution < 1.29 is 24.4 Å². The van der Waals surface area contributed by atoms with Gasteiger partial charge in [-0.3, -0.25) is 19.8 Å². The van der Waals surface area contributed by atoms with E-state index < -0.39 is 23.2 Å². The van der Waals surface area contributed by atoms with E-state index in [9.17, 15) is 24.8 Å². The molecule has 1 N–H and O–H groups in total. The summed E-state index contributed by atoms with van der Waals surface area (Å²) in [7, 11) is 0. The molecule has 1 aromatic rings. The van der Waals surface area contributed by atoms with Crippen molar-refractivity contribution in [3.63, 3.8) is 0 Å². The van der Waals surface area contributed by atoms with Crippen LogP contribution in [0, 0.1) is 10.1 Å². The summed E-state index contributed by atoms with van der Waals surface area (Å²) < 4.78 is 5.44. The zero-order valence-corrected chi connectivity index (χ0v) is 10.6. The second kappa shape index (κ2) is 4.58. The van der Waals surface area contributed by atoms with Gasteiger partial charge in [-0.05, 0) is 23.8 Å². The molecule has 2 aliphatic heterocycles. The minimum atomic E-state index is -1.17. The maximum absolute atomic E-state index is 11.4. The van der Waals surface area contributed by atoms with Crippen molar-refractivity contribution in [3.05, 3.63) is 45.7 Å². The van der Waals surface area contributed by atoms with Gasteiger partial charge >= 0.3 is 5.97 Å². The molecular formula is C13H10N2O6. The molecule has 0 bridgehead atoms. The zero-order valence-electron chi connectivity index (χ0n) is 10.6. The molecule has 1 aromatic carbocycles. The summed E-state index contributed by atoms with van der Waals surface area (Å²) in [5.74, 6) is -1.27. The number of aliphatic carboxylic acids is 1. The molecule has 0 spiro atoms. The van der Waals surface area contributed by atoms with Crippen LogP contribution < -0.4 is 0 Å². The number of carbonyl (C=O) groups excluding carboxylic acids is 1. The molecule has 2 unspecified atom stereocenters. The van der Waals surface area contributed by atoms with Crippen LogP contribution in [0.2, 0.25) is 0 Å². The summed E-state index contributed by atoms with van der Waals surface area (Å²) >= 11 is 0. The molecule has 2 heterocycles. The fraction of sp³-hybridized carbons (Fsp3) is 0.231. The Kier molecular flexibility index (Phi) is 2.86. The molecule has 0 aromatic heterocycles. The van der Waals surface area contributed by atoms with E-state index in [-0.39, 0.29) is 23.8 Å². The number of fused-ring (bicyclic) bond motifs is 1. The Morgan fingerprint density at radius 2 is 2.10 bits per heavy atom. The maximum Gasteiger partial charge on any atom is 0.334 e. The van der Waals surface area contributed by atoms with Crippen molar-refractivity contribution >= 4 is 23.6 Å². The van der Waals surface area contributed by atoms with E-state index in [0.29, 0.717) is 5.56 Å². The van der Waals surface area contributed by atoms with Gasteiger partial charge in [-0.2, -0.15) is 0 Å². The number of carboxylic acids is 1.